The van der Waals surface area contributed by atoms with E-state index >= 15 is 0 Å². The summed E-state index contributed by atoms with van der Waals surface area (Å²) < 4.78 is 66.6. The van der Waals surface area contributed by atoms with Crippen molar-refractivity contribution in [2.45, 2.75) is 109 Å². The molecule has 1 saturated heterocycles. The first kappa shape index (κ1) is 32.2. The van der Waals surface area contributed by atoms with Crippen LogP contribution in [-0.2, 0) is 19.2 Å². The van der Waals surface area contributed by atoms with Gasteiger partial charge in [0.1, 0.15) is 18.1 Å². The summed E-state index contributed by atoms with van der Waals surface area (Å²) in [5, 5.41) is 18.6. The summed E-state index contributed by atoms with van der Waals surface area (Å²) in [6.07, 6.45) is -5.43. The van der Waals surface area contributed by atoms with Crippen molar-refractivity contribution in [3.05, 3.63) is 0 Å². The quantitative estimate of drug-likeness (QED) is 0.318. The SMILES string of the molecule is CC1(C)CCC(CC(C#N)NC(=O)C(CC2(C)CC2(F)F)NC(=O)C(NC(=O)C(F)(F)F)C(C)(C)C)C(=O)N1. The molecular formula is C25H36F5N5O4. The number of nitriles is 1. The number of alkyl halides is 5. The number of nitrogens with zero attached hydrogens (tertiary/aromatic N) is 1. The Morgan fingerprint density at radius 3 is 2.08 bits per heavy atom. The van der Waals surface area contributed by atoms with Crippen LogP contribution in [-0.4, -0.2) is 59.4 Å². The Bertz CT molecular complexity index is 1030. The van der Waals surface area contributed by atoms with E-state index in [0.717, 1.165) is 0 Å². The van der Waals surface area contributed by atoms with E-state index in [2.05, 4.69) is 16.0 Å². The van der Waals surface area contributed by atoms with Gasteiger partial charge in [-0.3, -0.25) is 19.2 Å². The minimum atomic E-state index is -5.29. The molecule has 5 unspecified atom stereocenters. The average Bonchev–Trinajstić information content (AvgIpc) is 3.26. The second kappa shape index (κ2) is 10.9. The van der Waals surface area contributed by atoms with Crippen molar-refractivity contribution in [2.75, 3.05) is 0 Å². The third kappa shape index (κ3) is 8.25. The third-order valence-electron chi connectivity index (χ3n) is 7.26. The van der Waals surface area contributed by atoms with Gasteiger partial charge in [0.25, 0.3) is 5.92 Å². The lowest BCUT2D eigenvalue weighted by atomic mass is 9.83. The molecule has 2 fully saturated rings. The monoisotopic (exact) mass is 565 g/mol. The van der Waals surface area contributed by atoms with E-state index in [-0.39, 0.29) is 12.3 Å². The summed E-state index contributed by atoms with van der Waals surface area (Å²) in [5.41, 5.74) is -3.35. The molecule has 4 amide bonds. The molecule has 1 heterocycles. The van der Waals surface area contributed by atoms with E-state index in [1.54, 1.807) is 5.32 Å². The molecule has 0 aromatic heterocycles. The molecule has 4 N–H and O–H groups in total. The van der Waals surface area contributed by atoms with Crippen LogP contribution < -0.4 is 21.3 Å². The van der Waals surface area contributed by atoms with Gasteiger partial charge in [0, 0.05) is 23.3 Å². The van der Waals surface area contributed by atoms with Gasteiger partial charge >= 0.3 is 12.1 Å². The van der Waals surface area contributed by atoms with Crippen molar-refractivity contribution in [1.82, 2.24) is 21.3 Å². The molecule has 1 saturated carbocycles. The number of carbonyl (C=O) groups is 4. The molecule has 2 rings (SSSR count). The number of nitrogens with one attached hydrogen (secondary N) is 4. The van der Waals surface area contributed by atoms with Gasteiger partial charge in [-0.2, -0.15) is 18.4 Å². The maximum Gasteiger partial charge on any atom is 0.471 e. The Labute approximate surface area is 224 Å². The number of rotatable bonds is 9. The van der Waals surface area contributed by atoms with Crippen LogP contribution in [0.25, 0.3) is 0 Å². The van der Waals surface area contributed by atoms with Crippen molar-refractivity contribution in [3.8, 4) is 6.07 Å². The summed E-state index contributed by atoms with van der Waals surface area (Å²) in [6, 6.07) is -2.77. The fourth-order valence-electron chi connectivity index (χ4n) is 4.56. The number of halogens is 5. The van der Waals surface area contributed by atoms with Crippen LogP contribution >= 0.6 is 0 Å². The predicted octanol–water partition coefficient (Wildman–Crippen LogP) is 2.70. The van der Waals surface area contributed by atoms with Crippen LogP contribution in [0.15, 0.2) is 0 Å². The van der Waals surface area contributed by atoms with Crippen molar-refractivity contribution < 1.29 is 41.1 Å². The van der Waals surface area contributed by atoms with Crippen molar-refractivity contribution in [3.63, 3.8) is 0 Å². The Morgan fingerprint density at radius 2 is 1.64 bits per heavy atom. The van der Waals surface area contributed by atoms with Crippen molar-refractivity contribution in [1.29, 1.82) is 5.26 Å². The van der Waals surface area contributed by atoms with Gasteiger partial charge in [0.05, 0.1) is 6.07 Å². The predicted molar refractivity (Wildman–Crippen MR) is 129 cm³/mol. The lowest BCUT2D eigenvalue weighted by Gasteiger charge is -2.36. The van der Waals surface area contributed by atoms with E-state index in [1.165, 1.54) is 27.7 Å². The maximum absolute atomic E-state index is 14.0. The van der Waals surface area contributed by atoms with E-state index < -0.39 is 83.1 Å². The van der Waals surface area contributed by atoms with Gasteiger partial charge in [-0.25, -0.2) is 8.78 Å². The minimum Gasteiger partial charge on any atom is -0.351 e. The van der Waals surface area contributed by atoms with Crippen LogP contribution in [0.4, 0.5) is 22.0 Å². The molecule has 0 bridgehead atoms. The molecule has 1 aliphatic heterocycles. The first-order chi connectivity index (χ1) is 17.5. The molecule has 9 nitrogen and oxygen atoms in total. The van der Waals surface area contributed by atoms with Crippen molar-refractivity contribution in [2.24, 2.45) is 16.7 Å². The fraction of sp³-hybridized carbons (Fsp3) is 0.800. The topological polar surface area (TPSA) is 140 Å². The molecule has 2 aliphatic rings. The number of amides is 4. The zero-order chi connectivity index (χ0) is 30.2. The Kier molecular flexibility index (Phi) is 9.00. The second-order valence-electron chi connectivity index (χ2n) is 12.5. The first-order valence-electron chi connectivity index (χ1n) is 12.6. The average molecular weight is 566 g/mol. The van der Waals surface area contributed by atoms with Gasteiger partial charge < -0.3 is 21.3 Å². The molecule has 1 aliphatic carbocycles. The zero-order valence-corrected chi connectivity index (χ0v) is 22.8. The van der Waals surface area contributed by atoms with Crippen LogP contribution in [0, 0.1) is 28.1 Å². The minimum absolute atomic E-state index is 0.0650. The summed E-state index contributed by atoms with van der Waals surface area (Å²) in [6.45, 7) is 9.01. The summed E-state index contributed by atoms with van der Waals surface area (Å²) in [7, 11) is 0. The number of piperidine rings is 1. The third-order valence-corrected chi connectivity index (χ3v) is 7.26. The Hall–Kier alpha value is -2.98. The Balaban J connectivity index is 2.22. The molecule has 0 spiro atoms. The highest BCUT2D eigenvalue weighted by Crippen LogP contribution is 2.62. The fourth-order valence-corrected chi connectivity index (χ4v) is 4.56. The molecule has 220 valence electrons. The highest BCUT2D eigenvalue weighted by Gasteiger charge is 2.68. The normalized spacial score (nSPS) is 26.2. The van der Waals surface area contributed by atoms with Gasteiger partial charge in [0.15, 0.2) is 0 Å². The van der Waals surface area contributed by atoms with Crippen LogP contribution in [0.1, 0.15) is 73.6 Å². The standard InChI is InChI=1S/C25H36F5N5O4/c1-21(2,3)16(34-20(39)25(28,29)30)19(38)33-15(10-23(6)12-24(23,26)27)18(37)32-14(11-31)9-13-7-8-22(4,5)35-17(13)36/h13-16H,7-10,12H2,1-6H3,(H,32,37)(H,33,38)(H,34,39)(H,35,36). The van der Waals surface area contributed by atoms with E-state index in [4.69, 9.17) is 0 Å². The first-order valence-corrected chi connectivity index (χ1v) is 12.6. The number of hydrogen-bond acceptors (Lipinski definition) is 5. The van der Waals surface area contributed by atoms with Crippen LogP contribution in [0.5, 0.6) is 0 Å². The molecule has 0 radical (unpaired) electrons. The van der Waals surface area contributed by atoms with Crippen molar-refractivity contribution >= 4 is 23.6 Å². The molecule has 14 heteroatoms. The van der Waals surface area contributed by atoms with E-state index in [0.29, 0.717) is 12.8 Å². The lowest BCUT2D eigenvalue weighted by Crippen LogP contribution is -2.60. The summed E-state index contributed by atoms with van der Waals surface area (Å²) in [4.78, 5) is 50.2. The van der Waals surface area contributed by atoms with E-state index in [9.17, 15) is 46.4 Å². The zero-order valence-electron chi connectivity index (χ0n) is 22.8. The molecule has 0 aromatic carbocycles. The Morgan fingerprint density at radius 1 is 1.08 bits per heavy atom. The number of hydrogen-bond donors (Lipinski definition) is 4. The molecule has 39 heavy (non-hydrogen) atoms. The summed E-state index contributed by atoms with van der Waals surface area (Å²) >= 11 is 0. The second-order valence-corrected chi connectivity index (χ2v) is 12.5. The highest BCUT2D eigenvalue weighted by molar-refractivity contribution is 5.93. The van der Waals surface area contributed by atoms with Gasteiger partial charge in [-0.1, -0.05) is 27.7 Å². The van der Waals surface area contributed by atoms with Crippen LogP contribution in [0.2, 0.25) is 0 Å². The molecule has 0 aromatic rings. The smallest absolute Gasteiger partial charge is 0.351 e. The largest absolute Gasteiger partial charge is 0.471 e. The van der Waals surface area contributed by atoms with Crippen LogP contribution in [0.3, 0.4) is 0 Å². The highest BCUT2D eigenvalue weighted by atomic mass is 19.4. The molecule has 5 atom stereocenters. The molecular weight excluding hydrogens is 529 g/mol. The number of carbonyl (C=O) groups excluding carboxylic acids is 4. The lowest BCUT2D eigenvalue weighted by molar-refractivity contribution is -0.175. The van der Waals surface area contributed by atoms with Gasteiger partial charge in [0.2, 0.25) is 17.7 Å². The van der Waals surface area contributed by atoms with E-state index in [1.807, 2.05) is 19.9 Å². The summed E-state index contributed by atoms with van der Waals surface area (Å²) in [5.74, 6) is -8.60. The van der Waals surface area contributed by atoms with Gasteiger partial charge in [-0.05, 0) is 44.9 Å². The van der Waals surface area contributed by atoms with Gasteiger partial charge in [-0.15, -0.1) is 0 Å². The maximum atomic E-state index is 14.0.